The Labute approximate surface area is 203 Å². The van der Waals surface area contributed by atoms with Gasteiger partial charge >= 0.3 is 0 Å². The Bertz CT molecular complexity index is 1330. The predicted octanol–water partition coefficient (Wildman–Crippen LogP) is 5.21. The first-order valence-corrected chi connectivity index (χ1v) is 12.9. The molecule has 6 nitrogen and oxygen atoms in total. The zero-order valence-corrected chi connectivity index (χ0v) is 19.9. The Morgan fingerprint density at radius 3 is 2.68 bits per heavy atom. The summed E-state index contributed by atoms with van der Waals surface area (Å²) in [5.74, 6) is -3.75. The number of nitrogens with two attached hydrogens (primary N) is 1. The molecule has 0 fully saturated rings. The van der Waals surface area contributed by atoms with Crippen LogP contribution in [0.1, 0.15) is 18.4 Å². The van der Waals surface area contributed by atoms with E-state index in [1.165, 1.54) is 23.0 Å². The molecule has 2 unspecified atom stereocenters. The number of benzene rings is 2. The summed E-state index contributed by atoms with van der Waals surface area (Å²) >= 11 is 6.91. The van der Waals surface area contributed by atoms with Crippen molar-refractivity contribution in [1.29, 1.82) is 0 Å². The lowest BCUT2D eigenvalue weighted by molar-refractivity contribution is 0.242. The van der Waals surface area contributed by atoms with Gasteiger partial charge in [0, 0.05) is 29.5 Å². The van der Waals surface area contributed by atoms with Gasteiger partial charge < -0.3 is 10.5 Å². The average Bonchev–Trinajstić information content (AvgIpc) is 3.28. The second kappa shape index (κ2) is 9.95. The standard InChI is InChI=1S/C22H19ClF3N3O3S2/c23-15-5-4-12(6-16(15)24)13-2-1-3-19(27)14(13)9-32-20-7-18(26)21(8-17(20)25)34(30,31)29-22-10-33-11-28-22/h2,4-8,10-11,14,19,29H,1,3,9,27H2. The molecule has 0 aliphatic heterocycles. The lowest BCUT2D eigenvalue weighted by Gasteiger charge is -2.30. The van der Waals surface area contributed by atoms with Crippen LogP contribution >= 0.6 is 22.9 Å². The summed E-state index contributed by atoms with van der Waals surface area (Å²) in [6.07, 6.45) is 3.19. The van der Waals surface area contributed by atoms with Gasteiger partial charge in [-0.1, -0.05) is 23.7 Å². The number of halogens is 4. The molecule has 0 amide bonds. The van der Waals surface area contributed by atoms with Crippen LogP contribution in [-0.4, -0.2) is 26.1 Å². The highest BCUT2D eigenvalue weighted by molar-refractivity contribution is 7.92. The first-order chi connectivity index (χ1) is 16.2. The first-order valence-electron chi connectivity index (χ1n) is 10.1. The Morgan fingerprint density at radius 1 is 1.18 bits per heavy atom. The molecule has 12 heteroatoms. The number of thiazole rings is 1. The number of sulfonamides is 1. The molecule has 0 radical (unpaired) electrons. The number of aromatic nitrogens is 1. The van der Waals surface area contributed by atoms with E-state index in [9.17, 15) is 21.6 Å². The van der Waals surface area contributed by atoms with Crippen molar-refractivity contribution in [3.8, 4) is 5.75 Å². The zero-order valence-electron chi connectivity index (χ0n) is 17.5. The van der Waals surface area contributed by atoms with Crippen LogP contribution in [-0.2, 0) is 10.0 Å². The van der Waals surface area contributed by atoms with Crippen molar-refractivity contribution in [3.63, 3.8) is 0 Å². The normalized spacial score (nSPS) is 18.4. The smallest absolute Gasteiger partial charge is 0.266 e. The van der Waals surface area contributed by atoms with E-state index >= 15 is 0 Å². The fourth-order valence-corrected chi connectivity index (χ4v) is 5.44. The minimum atomic E-state index is -4.40. The third-order valence-corrected chi connectivity index (χ3v) is 7.66. The van der Waals surface area contributed by atoms with Crippen molar-refractivity contribution in [1.82, 2.24) is 4.98 Å². The van der Waals surface area contributed by atoms with Gasteiger partial charge in [0.2, 0.25) is 0 Å². The lowest BCUT2D eigenvalue weighted by Crippen LogP contribution is -2.37. The van der Waals surface area contributed by atoms with Crippen LogP contribution in [0.3, 0.4) is 0 Å². The van der Waals surface area contributed by atoms with Gasteiger partial charge in [0.25, 0.3) is 10.0 Å². The fourth-order valence-electron chi connectivity index (χ4n) is 3.70. The van der Waals surface area contributed by atoms with Crippen LogP contribution in [0.4, 0.5) is 19.0 Å². The highest BCUT2D eigenvalue weighted by Crippen LogP contribution is 2.35. The van der Waals surface area contributed by atoms with Crippen molar-refractivity contribution in [2.45, 2.75) is 23.8 Å². The molecule has 0 spiro atoms. The molecular weight excluding hydrogens is 511 g/mol. The van der Waals surface area contributed by atoms with Crippen molar-refractivity contribution in [3.05, 3.63) is 75.3 Å². The molecule has 0 bridgehead atoms. The van der Waals surface area contributed by atoms with Crippen molar-refractivity contribution >= 4 is 44.4 Å². The summed E-state index contributed by atoms with van der Waals surface area (Å²) < 4.78 is 75.8. The summed E-state index contributed by atoms with van der Waals surface area (Å²) in [7, 11) is -4.40. The fraction of sp³-hybridized carbons (Fsp3) is 0.227. The second-order valence-electron chi connectivity index (χ2n) is 7.64. The van der Waals surface area contributed by atoms with Crippen LogP contribution in [0.25, 0.3) is 5.57 Å². The lowest BCUT2D eigenvalue weighted by atomic mass is 9.81. The van der Waals surface area contributed by atoms with Crippen LogP contribution in [0.5, 0.6) is 5.75 Å². The largest absolute Gasteiger partial charge is 0.490 e. The number of hydrogen-bond acceptors (Lipinski definition) is 6. The van der Waals surface area contributed by atoms with Gasteiger partial charge in [0.15, 0.2) is 17.4 Å². The highest BCUT2D eigenvalue weighted by atomic mass is 35.5. The summed E-state index contributed by atoms with van der Waals surface area (Å²) in [5, 5.41) is 1.39. The average molecular weight is 530 g/mol. The van der Waals surface area contributed by atoms with Crippen molar-refractivity contribution in [2.75, 3.05) is 11.3 Å². The number of nitrogens with one attached hydrogen (secondary N) is 1. The monoisotopic (exact) mass is 529 g/mol. The number of rotatable bonds is 7. The van der Waals surface area contributed by atoms with E-state index < -0.39 is 44.0 Å². The molecule has 0 saturated carbocycles. The molecule has 2 atom stereocenters. The van der Waals surface area contributed by atoms with Crippen LogP contribution in [0, 0.1) is 23.4 Å². The second-order valence-corrected chi connectivity index (χ2v) is 10.4. The molecular formula is C22H19ClF3N3O3S2. The predicted molar refractivity (Wildman–Crippen MR) is 125 cm³/mol. The topological polar surface area (TPSA) is 94.3 Å². The maximum Gasteiger partial charge on any atom is 0.266 e. The Kier molecular flexibility index (Phi) is 7.17. The third-order valence-electron chi connectivity index (χ3n) is 5.40. The van der Waals surface area contributed by atoms with Gasteiger partial charge in [0.1, 0.15) is 16.5 Å². The summed E-state index contributed by atoms with van der Waals surface area (Å²) in [6.45, 7) is -0.128. The number of allylic oxidation sites excluding steroid dienone is 1. The van der Waals surface area contributed by atoms with Gasteiger partial charge in [-0.05, 0) is 36.1 Å². The van der Waals surface area contributed by atoms with Gasteiger partial charge in [-0.2, -0.15) is 0 Å². The van der Waals surface area contributed by atoms with Gasteiger partial charge in [-0.25, -0.2) is 26.6 Å². The summed E-state index contributed by atoms with van der Waals surface area (Å²) in [5.41, 5.74) is 8.91. The van der Waals surface area contributed by atoms with E-state index in [2.05, 4.69) is 9.71 Å². The Morgan fingerprint density at radius 2 is 1.97 bits per heavy atom. The van der Waals surface area contributed by atoms with Crippen molar-refractivity contribution < 1.29 is 26.3 Å². The SMILES string of the molecule is NC1CCC=C(c2ccc(Cl)c(F)c2)C1COc1cc(F)c(S(=O)(=O)Nc2cscn2)cc1F. The maximum atomic E-state index is 14.7. The molecule has 1 aromatic heterocycles. The summed E-state index contributed by atoms with van der Waals surface area (Å²) in [4.78, 5) is 2.89. The molecule has 1 heterocycles. The molecule has 2 aromatic carbocycles. The molecule has 3 N–H and O–H groups in total. The third kappa shape index (κ3) is 5.22. The van der Waals surface area contributed by atoms with Gasteiger partial charge in [-0.15, -0.1) is 11.3 Å². The van der Waals surface area contributed by atoms with Crippen LogP contribution < -0.4 is 15.2 Å². The van der Waals surface area contributed by atoms with E-state index in [0.717, 1.165) is 11.3 Å². The quantitative estimate of drug-likeness (QED) is 0.438. The number of hydrogen-bond donors (Lipinski definition) is 2. The molecule has 34 heavy (non-hydrogen) atoms. The van der Waals surface area contributed by atoms with Crippen molar-refractivity contribution in [2.24, 2.45) is 11.7 Å². The van der Waals surface area contributed by atoms with E-state index in [4.69, 9.17) is 22.1 Å². The molecule has 180 valence electrons. The number of anilines is 1. The zero-order chi connectivity index (χ0) is 24.5. The van der Waals surface area contributed by atoms with Gasteiger partial charge in [0.05, 0.1) is 17.1 Å². The van der Waals surface area contributed by atoms with Crippen LogP contribution in [0.15, 0.2) is 52.2 Å². The molecule has 3 aromatic rings. The molecule has 4 rings (SSSR count). The molecule has 1 aliphatic carbocycles. The molecule has 1 aliphatic rings. The highest BCUT2D eigenvalue weighted by Gasteiger charge is 2.29. The van der Waals surface area contributed by atoms with E-state index in [1.807, 2.05) is 6.08 Å². The number of nitrogens with zero attached hydrogens (tertiary/aromatic N) is 1. The Hall–Kier alpha value is -2.60. The maximum absolute atomic E-state index is 14.7. The Balaban J connectivity index is 1.55. The van der Waals surface area contributed by atoms with Gasteiger partial charge in [-0.3, -0.25) is 4.72 Å². The van der Waals surface area contributed by atoms with Crippen LogP contribution in [0.2, 0.25) is 5.02 Å². The first kappa shape index (κ1) is 24.5. The molecule has 0 saturated heterocycles. The van der Waals surface area contributed by atoms with E-state index in [-0.39, 0.29) is 23.5 Å². The summed E-state index contributed by atoms with van der Waals surface area (Å²) in [6, 6.07) is 5.22. The minimum absolute atomic E-state index is 0.00521. The minimum Gasteiger partial charge on any atom is -0.490 e. The van der Waals surface area contributed by atoms with E-state index in [0.29, 0.717) is 36.1 Å². The number of ether oxygens (including phenoxy) is 1. The van der Waals surface area contributed by atoms with E-state index in [1.54, 1.807) is 6.07 Å².